The van der Waals surface area contributed by atoms with Crippen LogP contribution in [0.5, 0.6) is 11.5 Å². The second-order valence-corrected chi connectivity index (χ2v) is 8.22. The van der Waals surface area contributed by atoms with Crippen LogP contribution in [0.4, 0.5) is 0 Å². The molecule has 0 spiro atoms. The molecule has 0 amide bonds. The number of ether oxygens (including phenoxy) is 3. The first kappa shape index (κ1) is 24.8. The molecular weight excluding hydrogens is 456 g/mol. The summed E-state index contributed by atoms with van der Waals surface area (Å²) in [6, 6.07) is 20.8. The highest BCUT2D eigenvalue weighted by molar-refractivity contribution is 5.88. The van der Waals surface area contributed by atoms with Gasteiger partial charge >= 0.3 is 11.6 Å². The third-order valence-electron chi connectivity index (χ3n) is 5.93. The Morgan fingerprint density at radius 2 is 1.72 bits per heavy atom. The Hall–Kier alpha value is -4.32. The van der Waals surface area contributed by atoms with Crippen molar-refractivity contribution < 1.29 is 23.4 Å². The lowest BCUT2D eigenvalue weighted by Crippen LogP contribution is -2.12. The smallest absolute Gasteiger partial charge is 0.340 e. The number of aryl methyl sites for hydroxylation is 1. The number of fused-ring (bicyclic) bond motifs is 1. The second-order valence-electron chi connectivity index (χ2n) is 8.22. The Balaban J connectivity index is 1.61. The zero-order valence-electron chi connectivity index (χ0n) is 20.6. The first-order valence-corrected chi connectivity index (χ1v) is 11.7. The van der Waals surface area contributed by atoms with Gasteiger partial charge in [0.05, 0.1) is 19.3 Å². The van der Waals surface area contributed by atoms with Crippen LogP contribution in [0.3, 0.4) is 0 Å². The predicted molar refractivity (Wildman–Crippen MR) is 139 cm³/mol. The average Bonchev–Trinajstić information content (AvgIpc) is 2.90. The molecule has 0 saturated heterocycles. The van der Waals surface area contributed by atoms with E-state index in [1.165, 1.54) is 6.08 Å². The van der Waals surface area contributed by atoms with E-state index in [1.807, 2.05) is 80.6 Å². The molecule has 1 aromatic heterocycles. The van der Waals surface area contributed by atoms with Crippen LogP contribution in [0, 0.1) is 6.92 Å². The van der Waals surface area contributed by atoms with Crippen LogP contribution in [0.15, 0.2) is 82.0 Å². The monoisotopic (exact) mass is 484 g/mol. The molecular formula is C30H28O6. The minimum absolute atomic E-state index is 0.0983. The number of benzene rings is 3. The van der Waals surface area contributed by atoms with Crippen LogP contribution >= 0.6 is 0 Å². The molecule has 0 N–H and O–H groups in total. The van der Waals surface area contributed by atoms with Crippen LogP contribution in [-0.4, -0.2) is 19.7 Å². The van der Waals surface area contributed by atoms with Crippen molar-refractivity contribution in [2.75, 3.05) is 13.7 Å². The van der Waals surface area contributed by atoms with Crippen molar-refractivity contribution in [1.82, 2.24) is 0 Å². The van der Waals surface area contributed by atoms with E-state index in [2.05, 4.69) is 0 Å². The molecule has 4 rings (SSSR count). The average molecular weight is 485 g/mol. The van der Waals surface area contributed by atoms with E-state index >= 15 is 0 Å². The molecule has 0 atom stereocenters. The van der Waals surface area contributed by atoms with Gasteiger partial charge in [0.2, 0.25) is 0 Å². The summed E-state index contributed by atoms with van der Waals surface area (Å²) in [5.74, 6) is 0.721. The van der Waals surface area contributed by atoms with E-state index in [4.69, 9.17) is 18.6 Å². The molecule has 0 radical (unpaired) electrons. The lowest BCUT2D eigenvalue weighted by molar-refractivity contribution is -0.138. The quantitative estimate of drug-likeness (QED) is 0.168. The Kier molecular flexibility index (Phi) is 7.85. The summed E-state index contributed by atoms with van der Waals surface area (Å²) in [6.45, 7) is 4.09. The fraction of sp³-hybridized carbons (Fsp3) is 0.200. The van der Waals surface area contributed by atoms with Crippen LogP contribution in [0.25, 0.3) is 17.0 Å². The van der Waals surface area contributed by atoms with Crippen molar-refractivity contribution in [1.29, 1.82) is 0 Å². The van der Waals surface area contributed by atoms with Gasteiger partial charge in [0.15, 0.2) is 0 Å². The van der Waals surface area contributed by atoms with Gasteiger partial charge in [-0.15, -0.1) is 0 Å². The maximum Gasteiger partial charge on any atom is 0.340 e. The van der Waals surface area contributed by atoms with Crippen molar-refractivity contribution in [2.45, 2.75) is 26.9 Å². The van der Waals surface area contributed by atoms with Gasteiger partial charge in [-0.25, -0.2) is 9.59 Å². The summed E-state index contributed by atoms with van der Waals surface area (Å²) >= 11 is 0. The largest absolute Gasteiger partial charge is 0.497 e. The van der Waals surface area contributed by atoms with E-state index in [9.17, 15) is 9.59 Å². The SMILES string of the molecule is CCOc1ccc2c(C)c(Cc3ccccc3)c(=O)oc2c1COC(=O)/C=C/c1ccc(OC)cc1. The van der Waals surface area contributed by atoms with Crippen LogP contribution in [0.1, 0.15) is 34.7 Å². The van der Waals surface area contributed by atoms with Crippen LogP contribution in [0.2, 0.25) is 0 Å². The summed E-state index contributed by atoms with van der Waals surface area (Å²) in [5, 5.41) is 0.781. The van der Waals surface area contributed by atoms with E-state index in [-0.39, 0.29) is 6.61 Å². The Morgan fingerprint density at radius 3 is 2.42 bits per heavy atom. The zero-order valence-corrected chi connectivity index (χ0v) is 20.6. The number of hydrogen-bond acceptors (Lipinski definition) is 6. The highest BCUT2D eigenvalue weighted by Crippen LogP contribution is 2.31. The first-order valence-electron chi connectivity index (χ1n) is 11.7. The van der Waals surface area contributed by atoms with Crippen molar-refractivity contribution in [3.8, 4) is 11.5 Å². The van der Waals surface area contributed by atoms with E-state index < -0.39 is 11.6 Å². The molecule has 0 bridgehead atoms. The molecule has 6 heteroatoms. The molecule has 1 heterocycles. The molecule has 6 nitrogen and oxygen atoms in total. The molecule has 36 heavy (non-hydrogen) atoms. The minimum Gasteiger partial charge on any atom is -0.497 e. The summed E-state index contributed by atoms with van der Waals surface area (Å²) in [4.78, 5) is 25.4. The molecule has 0 aliphatic rings. The Labute approximate surface area is 209 Å². The number of hydrogen-bond donors (Lipinski definition) is 0. The van der Waals surface area contributed by atoms with Crippen molar-refractivity contribution in [2.24, 2.45) is 0 Å². The van der Waals surface area contributed by atoms with E-state index in [1.54, 1.807) is 13.2 Å². The van der Waals surface area contributed by atoms with Crippen LogP contribution in [-0.2, 0) is 22.6 Å². The lowest BCUT2D eigenvalue weighted by Gasteiger charge is -2.15. The number of esters is 1. The highest BCUT2D eigenvalue weighted by atomic mass is 16.5. The first-order chi connectivity index (χ1) is 17.5. The Morgan fingerprint density at radius 1 is 0.972 bits per heavy atom. The lowest BCUT2D eigenvalue weighted by atomic mass is 9.98. The standard InChI is InChI=1S/C30H28O6/c1-4-34-27-16-15-24-20(2)25(18-22-8-6-5-7-9-22)30(32)36-29(24)26(27)19-35-28(31)17-12-21-10-13-23(33-3)14-11-21/h5-17H,4,18-19H2,1-3H3/b17-12+. The van der Waals surface area contributed by atoms with Gasteiger partial charge in [0, 0.05) is 23.4 Å². The normalized spacial score (nSPS) is 11.1. The topological polar surface area (TPSA) is 75.0 Å². The summed E-state index contributed by atoms with van der Waals surface area (Å²) in [5.41, 5.74) is 3.77. The third-order valence-corrected chi connectivity index (χ3v) is 5.93. The number of rotatable bonds is 9. The highest BCUT2D eigenvalue weighted by Gasteiger charge is 2.18. The van der Waals surface area contributed by atoms with Crippen LogP contribution < -0.4 is 15.1 Å². The molecule has 4 aromatic rings. The molecule has 0 saturated carbocycles. The number of methoxy groups -OCH3 is 1. The molecule has 0 aliphatic heterocycles. The molecule has 3 aromatic carbocycles. The minimum atomic E-state index is -0.523. The maximum atomic E-state index is 13.0. The summed E-state index contributed by atoms with van der Waals surface area (Å²) < 4.78 is 22.2. The maximum absolute atomic E-state index is 13.0. The van der Waals surface area contributed by atoms with Gasteiger partial charge in [-0.3, -0.25) is 0 Å². The molecule has 184 valence electrons. The van der Waals surface area contributed by atoms with Gasteiger partial charge < -0.3 is 18.6 Å². The zero-order chi connectivity index (χ0) is 25.5. The third kappa shape index (κ3) is 5.66. The van der Waals surface area contributed by atoms with Crippen molar-refractivity contribution in [3.05, 3.63) is 111 Å². The summed E-state index contributed by atoms with van der Waals surface area (Å²) in [7, 11) is 1.60. The number of carbonyl (C=O) groups excluding carboxylic acids is 1. The van der Waals surface area contributed by atoms with Gasteiger partial charge in [-0.2, -0.15) is 0 Å². The molecule has 0 unspecified atom stereocenters. The summed E-state index contributed by atoms with van der Waals surface area (Å²) in [6.07, 6.45) is 3.49. The van der Waals surface area contributed by atoms with Crippen molar-refractivity contribution in [3.63, 3.8) is 0 Å². The number of carbonyl (C=O) groups is 1. The molecule has 0 fully saturated rings. The fourth-order valence-corrected chi connectivity index (χ4v) is 3.99. The van der Waals surface area contributed by atoms with E-state index in [0.717, 1.165) is 27.8 Å². The van der Waals surface area contributed by atoms with Gasteiger partial charge in [-0.05, 0) is 60.9 Å². The van der Waals surface area contributed by atoms with Gasteiger partial charge in [0.25, 0.3) is 0 Å². The van der Waals surface area contributed by atoms with Gasteiger partial charge in [-0.1, -0.05) is 42.5 Å². The van der Waals surface area contributed by atoms with Crippen molar-refractivity contribution >= 4 is 23.0 Å². The molecule has 0 aliphatic carbocycles. The second kappa shape index (κ2) is 11.4. The predicted octanol–water partition coefficient (Wildman–Crippen LogP) is 5.86. The van der Waals surface area contributed by atoms with E-state index in [0.29, 0.717) is 35.5 Å². The fourth-order valence-electron chi connectivity index (χ4n) is 3.99. The van der Waals surface area contributed by atoms with Gasteiger partial charge in [0.1, 0.15) is 23.7 Å². The Bertz CT molecular complexity index is 1430.